The van der Waals surface area contributed by atoms with Crippen molar-refractivity contribution in [3.8, 4) is 28.5 Å². The van der Waals surface area contributed by atoms with Crippen molar-refractivity contribution in [2.24, 2.45) is 0 Å². The topological polar surface area (TPSA) is 82.8 Å². The quantitative estimate of drug-likeness (QED) is 0.353. The molecular weight excluding hydrogens is 398 g/mol. The molecule has 30 heavy (non-hydrogen) atoms. The molecule has 0 saturated carbocycles. The van der Waals surface area contributed by atoms with Crippen molar-refractivity contribution in [1.82, 2.24) is 24.9 Å². The van der Waals surface area contributed by atoms with Crippen LogP contribution in [0, 0.1) is 6.92 Å². The summed E-state index contributed by atoms with van der Waals surface area (Å²) in [5, 5.41) is 13.7. The fourth-order valence-corrected chi connectivity index (χ4v) is 3.90. The third-order valence-electron chi connectivity index (χ3n) is 4.57. The van der Waals surface area contributed by atoms with Crippen LogP contribution in [-0.4, -0.2) is 24.9 Å². The predicted molar refractivity (Wildman–Crippen MR) is 113 cm³/mol. The summed E-state index contributed by atoms with van der Waals surface area (Å²) in [6.07, 6.45) is 1.66. The Balaban J connectivity index is 1.45. The van der Waals surface area contributed by atoms with E-state index >= 15 is 0 Å². The van der Waals surface area contributed by atoms with Crippen LogP contribution in [0.3, 0.4) is 0 Å². The molecule has 0 aliphatic heterocycles. The van der Waals surface area contributed by atoms with Gasteiger partial charge in [0.2, 0.25) is 11.7 Å². The highest BCUT2D eigenvalue weighted by Crippen LogP contribution is 2.31. The van der Waals surface area contributed by atoms with Crippen molar-refractivity contribution in [2.45, 2.75) is 17.8 Å². The Bertz CT molecular complexity index is 1260. The smallest absolute Gasteiger partial charge is 0.237 e. The Morgan fingerprint density at radius 2 is 1.70 bits per heavy atom. The molecule has 7 nitrogen and oxygen atoms in total. The highest BCUT2D eigenvalue weighted by atomic mass is 32.2. The molecule has 0 saturated heterocycles. The van der Waals surface area contributed by atoms with Gasteiger partial charge in [-0.1, -0.05) is 65.4 Å². The first kappa shape index (κ1) is 18.4. The van der Waals surface area contributed by atoms with Crippen molar-refractivity contribution in [3.63, 3.8) is 0 Å². The minimum Gasteiger partial charge on any atom is -0.469 e. The van der Waals surface area contributed by atoms with E-state index in [0.717, 1.165) is 33.6 Å². The molecule has 5 rings (SSSR count). The number of benzene rings is 2. The zero-order valence-electron chi connectivity index (χ0n) is 16.1. The molecule has 0 amide bonds. The maximum atomic E-state index is 5.47. The summed E-state index contributed by atoms with van der Waals surface area (Å²) in [5.41, 5.74) is 2.79. The Morgan fingerprint density at radius 1 is 0.933 bits per heavy atom. The van der Waals surface area contributed by atoms with Gasteiger partial charge in [-0.3, -0.25) is 4.57 Å². The number of furan rings is 1. The van der Waals surface area contributed by atoms with Gasteiger partial charge in [-0.05, 0) is 25.1 Å². The van der Waals surface area contributed by atoms with Gasteiger partial charge in [0, 0.05) is 11.3 Å². The van der Waals surface area contributed by atoms with E-state index in [1.54, 1.807) is 6.26 Å². The Kier molecular flexibility index (Phi) is 4.90. The summed E-state index contributed by atoms with van der Waals surface area (Å²) in [6, 6.07) is 21.6. The van der Waals surface area contributed by atoms with E-state index in [9.17, 15) is 0 Å². The minimum absolute atomic E-state index is 0.481. The molecule has 0 spiro atoms. The fourth-order valence-electron chi connectivity index (χ4n) is 3.11. The first-order valence-electron chi connectivity index (χ1n) is 9.36. The van der Waals surface area contributed by atoms with Crippen LogP contribution in [0.5, 0.6) is 0 Å². The molecule has 5 aromatic rings. The van der Waals surface area contributed by atoms with Gasteiger partial charge in [0.25, 0.3) is 0 Å². The summed E-state index contributed by atoms with van der Waals surface area (Å²) < 4.78 is 12.9. The van der Waals surface area contributed by atoms with Gasteiger partial charge in [-0.2, -0.15) is 4.98 Å². The summed E-state index contributed by atoms with van der Waals surface area (Å²) >= 11 is 1.49. The molecule has 0 aliphatic rings. The average Bonchev–Trinajstić information content (AvgIpc) is 3.53. The first-order valence-corrected chi connectivity index (χ1v) is 10.3. The van der Waals surface area contributed by atoms with Gasteiger partial charge in [0.05, 0.1) is 17.6 Å². The van der Waals surface area contributed by atoms with E-state index in [2.05, 4.69) is 20.3 Å². The zero-order chi connectivity index (χ0) is 20.3. The second kappa shape index (κ2) is 8.00. The zero-order valence-corrected chi connectivity index (χ0v) is 16.9. The maximum absolute atomic E-state index is 5.47. The van der Waals surface area contributed by atoms with Gasteiger partial charge in [-0.15, -0.1) is 10.2 Å². The summed E-state index contributed by atoms with van der Waals surface area (Å²) in [7, 11) is 0. The normalized spacial score (nSPS) is 11.1. The maximum Gasteiger partial charge on any atom is 0.237 e. The molecular formula is C22H17N5O2S. The van der Waals surface area contributed by atoms with Gasteiger partial charge in [0.1, 0.15) is 5.76 Å². The standard InChI is InChI=1S/C22H17N5O2S/c1-15-18(12-13-28-15)21-24-25-22(27(21)17-10-6-3-7-11-17)30-14-19-23-20(26-29-19)16-8-4-2-5-9-16/h2-13H,14H2,1H3. The van der Waals surface area contributed by atoms with Crippen molar-refractivity contribution in [2.75, 3.05) is 0 Å². The Morgan fingerprint density at radius 3 is 2.43 bits per heavy atom. The number of thioether (sulfide) groups is 1. The summed E-state index contributed by atoms with van der Waals surface area (Å²) in [5.74, 6) is 3.11. The van der Waals surface area contributed by atoms with Crippen LogP contribution >= 0.6 is 11.8 Å². The summed E-state index contributed by atoms with van der Waals surface area (Å²) in [6.45, 7) is 1.91. The van der Waals surface area contributed by atoms with Crippen LogP contribution < -0.4 is 0 Å². The average molecular weight is 415 g/mol. The lowest BCUT2D eigenvalue weighted by Crippen LogP contribution is -1.99. The van der Waals surface area contributed by atoms with Crippen molar-refractivity contribution < 1.29 is 8.94 Å². The molecule has 0 bridgehead atoms. The van der Waals surface area contributed by atoms with E-state index in [0.29, 0.717) is 17.5 Å². The molecule has 0 aliphatic carbocycles. The van der Waals surface area contributed by atoms with E-state index in [4.69, 9.17) is 8.94 Å². The van der Waals surface area contributed by atoms with Gasteiger partial charge >= 0.3 is 0 Å². The van der Waals surface area contributed by atoms with Crippen molar-refractivity contribution >= 4 is 11.8 Å². The number of hydrogen-bond donors (Lipinski definition) is 0. The van der Waals surface area contributed by atoms with Gasteiger partial charge in [0.15, 0.2) is 11.0 Å². The molecule has 3 heterocycles. The Labute approximate surface area is 176 Å². The van der Waals surface area contributed by atoms with Crippen molar-refractivity contribution in [1.29, 1.82) is 0 Å². The summed E-state index contributed by atoms with van der Waals surface area (Å²) in [4.78, 5) is 4.50. The van der Waals surface area contributed by atoms with Crippen LogP contribution in [-0.2, 0) is 5.75 Å². The Hall–Kier alpha value is -3.65. The minimum atomic E-state index is 0.481. The highest BCUT2D eigenvalue weighted by molar-refractivity contribution is 7.98. The van der Waals surface area contributed by atoms with Crippen LogP contribution in [0.1, 0.15) is 11.7 Å². The molecule has 2 aromatic carbocycles. The van der Waals surface area contributed by atoms with Crippen molar-refractivity contribution in [3.05, 3.63) is 84.6 Å². The van der Waals surface area contributed by atoms with Crippen LogP contribution in [0.25, 0.3) is 28.5 Å². The number of nitrogens with zero attached hydrogens (tertiary/aromatic N) is 5. The molecule has 0 unspecified atom stereocenters. The fraction of sp³-hybridized carbons (Fsp3) is 0.0909. The van der Waals surface area contributed by atoms with Gasteiger partial charge < -0.3 is 8.94 Å². The molecule has 0 fully saturated rings. The second-order valence-corrected chi connectivity index (χ2v) is 7.48. The third kappa shape index (κ3) is 3.53. The second-order valence-electron chi connectivity index (χ2n) is 6.53. The SMILES string of the molecule is Cc1occc1-c1nnc(SCc2nc(-c3ccccc3)no2)n1-c1ccccc1. The molecule has 0 atom stereocenters. The lowest BCUT2D eigenvalue weighted by molar-refractivity contribution is 0.391. The third-order valence-corrected chi connectivity index (χ3v) is 5.49. The first-order chi connectivity index (χ1) is 14.8. The monoisotopic (exact) mass is 415 g/mol. The lowest BCUT2D eigenvalue weighted by atomic mass is 10.2. The molecule has 0 N–H and O–H groups in total. The number of rotatable bonds is 6. The number of para-hydroxylation sites is 1. The largest absolute Gasteiger partial charge is 0.469 e. The number of aryl methyl sites for hydroxylation is 1. The van der Waals surface area contributed by atoms with Gasteiger partial charge in [-0.25, -0.2) is 0 Å². The molecule has 148 valence electrons. The number of aromatic nitrogens is 5. The molecule has 8 heteroatoms. The van der Waals surface area contributed by atoms with E-state index in [1.807, 2.05) is 78.2 Å². The molecule has 0 radical (unpaired) electrons. The van der Waals surface area contributed by atoms with Crippen LogP contribution in [0.4, 0.5) is 0 Å². The lowest BCUT2D eigenvalue weighted by Gasteiger charge is -2.09. The van der Waals surface area contributed by atoms with E-state index in [1.165, 1.54) is 11.8 Å². The predicted octanol–water partition coefficient (Wildman–Crippen LogP) is 5.18. The van der Waals surface area contributed by atoms with E-state index in [-0.39, 0.29) is 0 Å². The molecule has 3 aromatic heterocycles. The van der Waals surface area contributed by atoms with Crippen LogP contribution in [0.2, 0.25) is 0 Å². The number of hydrogen-bond acceptors (Lipinski definition) is 7. The highest BCUT2D eigenvalue weighted by Gasteiger charge is 2.20. The van der Waals surface area contributed by atoms with Crippen LogP contribution in [0.15, 0.2) is 87.1 Å². The van der Waals surface area contributed by atoms with E-state index < -0.39 is 0 Å².